The Morgan fingerprint density at radius 2 is 2.45 bits per heavy atom. The fraction of sp³-hybridized carbons (Fsp3) is 0.857. The molecular weight excluding hydrogens is 160 g/mol. The second-order valence-corrected chi connectivity index (χ2v) is 4.12. The molecule has 4 heteroatoms. The highest BCUT2D eigenvalue weighted by Gasteiger charge is 2.20. The second-order valence-electron chi connectivity index (χ2n) is 2.97. The predicted octanol–water partition coefficient (Wildman–Crippen LogP) is -0.0578. The minimum atomic E-state index is -0.432. The molecule has 1 aliphatic heterocycles. The zero-order valence-electron chi connectivity index (χ0n) is 6.45. The maximum Gasteiger partial charge on any atom is 0.234 e. The molecule has 0 aromatic carbocycles. The van der Waals surface area contributed by atoms with Crippen LogP contribution in [-0.2, 0) is 4.79 Å². The Hall–Kier alpha value is -0.220. The summed E-state index contributed by atoms with van der Waals surface area (Å²) in [4.78, 5) is 10.6. The van der Waals surface area contributed by atoms with E-state index in [1.807, 2.05) is 11.8 Å². The lowest BCUT2D eigenvalue weighted by Gasteiger charge is -2.11. The molecule has 0 aromatic rings. The first-order valence-electron chi connectivity index (χ1n) is 3.83. The normalized spacial score (nSPS) is 26.8. The Bertz CT molecular complexity index is 145. The molecule has 64 valence electrons. The molecule has 0 spiro atoms. The van der Waals surface area contributed by atoms with E-state index in [-0.39, 0.29) is 5.91 Å². The van der Waals surface area contributed by atoms with E-state index in [9.17, 15) is 4.79 Å². The van der Waals surface area contributed by atoms with Crippen LogP contribution in [0, 0.1) is 5.92 Å². The van der Waals surface area contributed by atoms with Gasteiger partial charge in [0.25, 0.3) is 0 Å². The van der Waals surface area contributed by atoms with Crippen LogP contribution in [0.25, 0.3) is 0 Å². The number of amides is 1. The fourth-order valence-electron chi connectivity index (χ4n) is 1.24. The summed E-state index contributed by atoms with van der Waals surface area (Å²) >= 11 is 1.93. The number of rotatable bonds is 3. The molecule has 1 saturated heterocycles. The molecule has 11 heavy (non-hydrogen) atoms. The van der Waals surface area contributed by atoms with E-state index < -0.39 is 6.04 Å². The summed E-state index contributed by atoms with van der Waals surface area (Å²) in [6.45, 7) is 0. The average molecular weight is 174 g/mol. The van der Waals surface area contributed by atoms with E-state index in [0.29, 0.717) is 5.92 Å². The Morgan fingerprint density at radius 3 is 2.91 bits per heavy atom. The second kappa shape index (κ2) is 3.97. The van der Waals surface area contributed by atoms with Crippen molar-refractivity contribution in [1.82, 2.24) is 0 Å². The lowest BCUT2D eigenvalue weighted by molar-refractivity contribution is -0.119. The van der Waals surface area contributed by atoms with E-state index >= 15 is 0 Å². The summed E-state index contributed by atoms with van der Waals surface area (Å²) in [5.74, 6) is 2.58. The maximum absolute atomic E-state index is 10.6. The molecule has 0 saturated carbocycles. The number of carbonyl (C=O) groups is 1. The van der Waals surface area contributed by atoms with Gasteiger partial charge in [-0.15, -0.1) is 0 Å². The molecule has 0 radical (unpaired) electrons. The Balaban J connectivity index is 2.23. The van der Waals surface area contributed by atoms with E-state index in [2.05, 4.69) is 0 Å². The number of hydrogen-bond acceptors (Lipinski definition) is 3. The number of hydrogen-bond donors (Lipinski definition) is 2. The van der Waals surface area contributed by atoms with E-state index in [1.165, 1.54) is 12.2 Å². The fourth-order valence-corrected chi connectivity index (χ4v) is 2.55. The molecule has 2 atom stereocenters. The SMILES string of the molecule is NC(=O)C(N)CC1CCSC1. The maximum atomic E-state index is 10.6. The molecule has 2 unspecified atom stereocenters. The first-order valence-corrected chi connectivity index (χ1v) is 4.98. The van der Waals surface area contributed by atoms with E-state index in [4.69, 9.17) is 11.5 Å². The third kappa shape index (κ3) is 2.71. The van der Waals surface area contributed by atoms with Gasteiger partial charge in [-0.2, -0.15) is 11.8 Å². The third-order valence-corrected chi connectivity index (χ3v) is 3.21. The van der Waals surface area contributed by atoms with Crippen molar-refractivity contribution < 1.29 is 4.79 Å². The summed E-state index contributed by atoms with van der Waals surface area (Å²) < 4.78 is 0. The van der Waals surface area contributed by atoms with Crippen molar-refractivity contribution in [2.45, 2.75) is 18.9 Å². The molecule has 3 nitrogen and oxygen atoms in total. The third-order valence-electron chi connectivity index (χ3n) is 1.98. The van der Waals surface area contributed by atoms with Crippen LogP contribution in [-0.4, -0.2) is 23.5 Å². The smallest absolute Gasteiger partial charge is 0.234 e. The van der Waals surface area contributed by atoms with Crippen molar-refractivity contribution >= 4 is 17.7 Å². The molecule has 0 bridgehead atoms. The predicted molar refractivity (Wildman–Crippen MR) is 47.2 cm³/mol. The van der Waals surface area contributed by atoms with Crippen LogP contribution in [0.2, 0.25) is 0 Å². The summed E-state index contributed by atoms with van der Waals surface area (Å²) in [6.07, 6.45) is 1.95. The Morgan fingerprint density at radius 1 is 1.73 bits per heavy atom. The van der Waals surface area contributed by atoms with Gasteiger partial charge in [0.1, 0.15) is 0 Å². The highest BCUT2D eigenvalue weighted by atomic mass is 32.2. The number of primary amides is 1. The van der Waals surface area contributed by atoms with Crippen LogP contribution >= 0.6 is 11.8 Å². The zero-order chi connectivity index (χ0) is 8.27. The van der Waals surface area contributed by atoms with Crippen molar-refractivity contribution in [3.8, 4) is 0 Å². The van der Waals surface area contributed by atoms with Crippen molar-refractivity contribution in [3.63, 3.8) is 0 Å². The summed E-state index contributed by atoms with van der Waals surface area (Å²) in [6, 6.07) is -0.432. The number of thioether (sulfide) groups is 1. The Labute approximate surface area is 70.9 Å². The first-order chi connectivity index (χ1) is 5.20. The van der Waals surface area contributed by atoms with Crippen molar-refractivity contribution in [2.75, 3.05) is 11.5 Å². The van der Waals surface area contributed by atoms with Gasteiger partial charge in [-0.1, -0.05) is 0 Å². The monoisotopic (exact) mass is 174 g/mol. The lowest BCUT2D eigenvalue weighted by atomic mass is 10.00. The van der Waals surface area contributed by atoms with Gasteiger partial charge in [-0.3, -0.25) is 4.79 Å². The highest BCUT2D eigenvalue weighted by Crippen LogP contribution is 2.26. The Kier molecular flexibility index (Phi) is 3.20. The summed E-state index contributed by atoms with van der Waals surface area (Å²) in [5.41, 5.74) is 10.6. The van der Waals surface area contributed by atoms with Crippen molar-refractivity contribution in [3.05, 3.63) is 0 Å². The van der Waals surface area contributed by atoms with Gasteiger partial charge in [0, 0.05) is 0 Å². The van der Waals surface area contributed by atoms with Gasteiger partial charge in [-0.05, 0) is 30.3 Å². The molecule has 0 aliphatic carbocycles. The van der Waals surface area contributed by atoms with Crippen molar-refractivity contribution in [1.29, 1.82) is 0 Å². The van der Waals surface area contributed by atoms with Crippen LogP contribution in [0.5, 0.6) is 0 Å². The van der Waals surface area contributed by atoms with Crippen molar-refractivity contribution in [2.24, 2.45) is 17.4 Å². The standard InChI is InChI=1S/C7H14N2OS/c8-6(7(9)10)3-5-1-2-11-4-5/h5-6H,1-4,8H2,(H2,9,10). The molecule has 1 rings (SSSR count). The summed E-state index contributed by atoms with van der Waals surface area (Å²) in [7, 11) is 0. The van der Waals surface area contributed by atoms with Gasteiger partial charge in [0.05, 0.1) is 6.04 Å². The molecule has 1 aliphatic rings. The zero-order valence-corrected chi connectivity index (χ0v) is 7.27. The number of carbonyl (C=O) groups excluding carboxylic acids is 1. The van der Waals surface area contributed by atoms with Crippen LogP contribution in [0.15, 0.2) is 0 Å². The lowest BCUT2D eigenvalue weighted by Crippen LogP contribution is -2.37. The summed E-state index contributed by atoms with van der Waals surface area (Å²) in [5, 5.41) is 0. The minimum Gasteiger partial charge on any atom is -0.368 e. The molecule has 1 heterocycles. The molecular formula is C7H14N2OS. The largest absolute Gasteiger partial charge is 0.368 e. The first kappa shape index (κ1) is 8.87. The molecule has 1 fully saturated rings. The minimum absolute atomic E-state index is 0.373. The van der Waals surface area contributed by atoms with Gasteiger partial charge >= 0.3 is 0 Å². The topological polar surface area (TPSA) is 69.1 Å². The van der Waals surface area contributed by atoms with Crippen LogP contribution in [0.4, 0.5) is 0 Å². The number of nitrogens with two attached hydrogens (primary N) is 2. The van der Waals surface area contributed by atoms with Gasteiger partial charge < -0.3 is 11.5 Å². The van der Waals surface area contributed by atoms with Crippen LogP contribution < -0.4 is 11.5 Å². The van der Waals surface area contributed by atoms with E-state index in [0.717, 1.165) is 12.2 Å². The average Bonchev–Trinajstić information content (AvgIpc) is 2.39. The van der Waals surface area contributed by atoms with E-state index in [1.54, 1.807) is 0 Å². The van der Waals surface area contributed by atoms with Crippen LogP contribution in [0.3, 0.4) is 0 Å². The van der Waals surface area contributed by atoms with Gasteiger partial charge in [-0.25, -0.2) is 0 Å². The quantitative estimate of drug-likeness (QED) is 0.630. The molecule has 4 N–H and O–H groups in total. The molecule has 1 amide bonds. The van der Waals surface area contributed by atoms with Gasteiger partial charge in [0.2, 0.25) is 5.91 Å². The highest BCUT2D eigenvalue weighted by molar-refractivity contribution is 7.99. The van der Waals surface area contributed by atoms with Crippen LogP contribution in [0.1, 0.15) is 12.8 Å². The van der Waals surface area contributed by atoms with Gasteiger partial charge in [0.15, 0.2) is 0 Å². The molecule has 0 aromatic heterocycles.